The number of methoxy groups -OCH3 is 1. The zero-order valence-corrected chi connectivity index (χ0v) is 10.0. The van der Waals surface area contributed by atoms with Crippen molar-refractivity contribution in [2.24, 2.45) is 0 Å². The second-order valence-electron chi connectivity index (χ2n) is 3.83. The van der Waals surface area contributed by atoms with Crippen LogP contribution in [-0.4, -0.2) is 20.3 Å². The highest BCUT2D eigenvalue weighted by Gasteiger charge is 2.41. The quantitative estimate of drug-likeness (QED) is 0.882. The molecular formula is C12H16F3NO. The van der Waals surface area contributed by atoms with E-state index in [9.17, 15) is 13.2 Å². The van der Waals surface area contributed by atoms with Crippen LogP contribution in [0.15, 0.2) is 24.3 Å². The first-order chi connectivity index (χ1) is 7.90. The monoisotopic (exact) mass is 247 g/mol. The second-order valence-corrected chi connectivity index (χ2v) is 3.83. The number of rotatable bonds is 4. The Morgan fingerprint density at radius 2 is 1.59 bits per heavy atom. The molecule has 0 spiro atoms. The van der Waals surface area contributed by atoms with Crippen molar-refractivity contribution in [3.05, 3.63) is 35.4 Å². The maximum Gasteiger partial charge on any atom is 0.418 e. The Kier molecular flexibility index (Phi) is 4.54. The molecule has 0 aliphatic heterocycles. The van der Waals surface area contributed by atoms with Crippen molar-refractivity contribution in [2.45, 2.75) is 25.2 Å². The van der Waals surface area contributed by atoms with Gasteiger partial charge in [-0.3, -0.25) is 0 Å². The molecule has 0 amide bonds. The maximum atomic E-state index is 12.6. The van der Waals surface area contributed by atoms with E-state index in [1.165, 1.54) is 12.1 Å². The molecule has 1 aromatic carbocycles. The van der Waals surface area contributed by atoms with Gasteiger partial charge in [0.2, 0.25) is 0 Å². The molecule has 0 saturated carbocycles. The molecule has 0 aliphatic carbocycles. The topological polar surface area (TPSA) is 21.3 Å². The Balaban J connectivity index is 2.93. The smallest absolute Gasteiger partial charge is 0.367 e. The van der Waals surface area contributed by atoms with Crippen LogP contribution < -0.4 is 5.32 Å². The summed E-state index contributed by atoms with van der Waals surface area (Å²) in [6.45, 7) is 1.94. The first-order valence-electron chi connectivity index (χ1n) is 5.26. The van der Waals surface area contributed by atoms with Crippen molar-refractivity contribution in [1.29, 1.82) is 0 Å². The zero-order chi connectivity index (χ0) is 13.1. The number of benzene rings is 1. The van der Waals surface area contributed by atoms with Gasteiger partial charge in [0.15, 0.2) is 6.10 Å². The lowest BCUT2D eigenvalue weighted by molar-refractivity contribution is -0.215. The summed E-state index contributed by atoms with van der Waals surface area (Å²) in [6, 6.07) is 6.36. The van der Waals surface area contributed by atoms with Crippen molar-refractivity contribution in [3.8, 4) is 0 Å². The predicted octanol–water partition coefficient (Wildman–Crippen LogP) is 3.22. The van der Waals surface area contributed by atoms with E-state index in [0.29, 0.717) is 0 Å². The van der Waals surface area contributed by atoms with Crippen LogP contribution in [0.4, 0.5) is 13.2 Å². The molecule has 96 valence electrons. The van der Waals surface area contributed by atoms with E-state index in [2.05, 4.69) is 10.1 Å². The van der Waals surface area contributed by atoms with Gasteiger partial charge in [0, 0.05) is 13.2 Å². The minimum Gasteiger partial charge on any atom is -0.367 e. The van der Waals surface area contributed by atoms with E-state index >= 15 is 0 Å². The molecule has 0 bridgehead atoms. The number of nitrogens with one attached hydrogen (secondary N) is 1. The highest BCUT2D eigenvalue weighted by molar-refractivity contribution is 5.27. The molecule has 1 aromatic rings. The largest absolute Gasteiger partial charge is 0.418 e. The number of halogens is 3. The van der Waals surface area contributed by atoms with Crippen molar-refractivity contribution in [1.82, 2.24) is 5.32 Å². The fraction of sp³-hybridized carbons (Fsp3) is 0.500. The molecule has 1 rings (SSSR count). The highest BCUT2D eigenvalue weighted by atomic mass is 19.4. The lowest BCUT2D eigenvalue weighted by atomic mass is 10.0. The average Bonchev–Trinajstić information content (AvgIpc) is 2.28. The summed E-state index contributed by atoms with van der Waals surface area (Å²) in [5.41, 5.74) is 1.06. The van der Waals surface area contributed by atoms with Gasteiger partial charge in [0.1, 0.15) is 0 Å². The van der Waals surface area contributed by atoms with Crippen molar-refractivity contribution in [3.63, 3.8) is 0 Å². The van der Waals surface area contributed by atoms with Crippen LogP contribution in [-0.2, 0) is 4.74 Å². The Labute approximate surface area is 98.8 Å². The summed E-state index contributed by atoms with van der Waals surface area (Å²) in [6.07, 6.45) is -6.24. The SMILES string of the molecule is CNC(C)c1ccc(C(OC)C(F)(F)F)cc1. The van der Waals surface area contributed by atoms with Gasteiger partial charge >= 0.3 is 6.18 Å². The van der Waals surface area contributed by atoms with Gasteiger partial charge in [-0.1, -0.05) is 24.3 Å². The number of hydrogen-bond acceptors (Lipinski definition) is 2. The van der Waals surface area contributed by atoms with Crippen LogP contribution >= 0.6 is 0 Å². The molecule has 0 aromatic heterocycles. The lowest BCUT2D eigenvalue weighted by Gasteiger charge is -2.19. The summed E-state index contributed by atoms with van der Waals surface area (Å²) in [4.78, 5) is 0. The molecule has 2 unspecified atom stereocenters. The lowest BCUT2D eigenvalue weighted by Crippen LogP contribution is -2.22. The summed E-state index contributed by atoms with van der Waals surface area (Å²) in [5.74, 6) is 0. The van der Waals surface area contributed by atoms with Crippen LogP contribution in [0.3, 0.4) is 0 Å². The molecule has 0 aliphatic rings. The van der Waals surface area contributed by atoms with Gasteiger partial charge in [0.05, 0.1) is 0 Å². The van der Waals surface area contributed by atoms with Crippen molar-refractivity contribution < 1.29 is 17.9 Å². The molecular weight excluding hydrogens is 231 g/mol. The van der Waals surface area contributed by atoms with E-state index in [0.717, 1.165) is 12.7 Å². The van der Waals surface area contributed by atoms with Gasteiger partial charge in [-0.15, -0.1) is 0 Å². The molecule has 0 heterocycles. The van der Waals surface area contributed by atoms with Crippen molar-refractivity contribution in [2.75, 3.05) is 14.2 Å². The maximum absolute atomic E-state index is 12.6. The first kappa shape index (κ1) is 14.0. The Hall–Kier alpha value is -1.07. The highest BCUT2D eigenvalue weighted by Crippen LogP contribution is 2.35. The van der Waals surface area contributed by atoms with Crippen LogP contribution in [0, 0.1) is 0 Å². The summed E-state index contributed by atoms with van der Waals surface area (Å²) in [5, 5.41) is 3.02. The number of ether oxygens (including phenoxy) is 1. The Morgan fingerprint density at radius 3 is 1.94 bits per heavy atom. The normalized spacial score (nSPS) is 15.6. The fourth-order valence-electron chi connectivity index (χ4n) is 1.58. The van der Waals surface area contributed by atoms with Gasteiger partial charge in [0.25, 0.3) is 0 Å². The molecule has 0 fully saturated rings. The summed E-state index contributed by atoms with van der Waals surface area (Å²) >= 11 is 0. The van der Waals surface area contributed by atoms with Gasteiger partial charge < -0.3 is 10.1 Å². The second kappa shape index (κ2) is 5.51. The van der Waals surface area contributed by atoms with Gasteiger partial charge in [-0.25, -0.2) is 0 Å². The van der Waals surface area contributed by atoms with Gasteiger partial charge in [-0.2, -0.15) is 13.2 Å². The molecule has 5 heteroatoms. The Morgan fingerprint density at radius 1 is 1.12 bits per heavy atom. The number of hydrogen-bond donors (Lipinski definition) is 1. The molecule has 1 N–H and O–H groups in total. The van der Waals surface area contributed by atoms with Crippen LogP contribution in [0.1, 0.15) is 30.2 Å². The zero-order valence-electron chi connectivity index (χ0n) is 10.0. The molecule has 2 nitrogen and oxygen atoms in total. The van der Waals surface area contributed by atoms with Gasteiger partial charge in [-0.05, 0) is 25.1 Å². The third kappa shape index (κ3) is 3.44. The standard InChI is InChI=1S/C12H16F3NO/c1-8(16-2)9-4-6-10(7-5-9)11(17-3)12(13,14)15/h4-8,11,16H,1-3H3. The van der Waals surface area contributed by atoms with E-state index in [-0.39, 0.29) is 11.6 Å². The van der Waals surface area contributed by atoms with Crippen LogP contribution in [0.5, 0.6) is 0 Å². The third-order valence-corrected chi connectivity index (χ3v) is 2.71. The summed E-state index contributed by atoms with van der Waals surface area (Å²) < 4.78 is 42.3. The predicted molar refractivity (Wildman–Crippen MR) is 59.7 cm³/mol. The van der Waals surface area contributed by atoms with E-state index < -0.39 is 12.3 Å². The average molecular weight is 247 g/mol. The molecule has 0 saturated heterocycles. The minimum absolute atomic E-state index is 0.107. The first-order valence-corrected chi connectivity index (χ1v) is 5.26. The Bertz CT molecular complexity index is 348. The van der Waals surface area contributed by atoms with Crippen LogP contribution in [0.2, 0.25) is 0 Å². The molecule has 17 heavy (non-hydrogen) atoms. The van der Waals surface area contributed by atoms with E-state index in [1.54, 1.807) is 19.2 Å². The fourth-order valence-corrected chi connectivity index (χ4v) is 1.58. The molecule has 2 atom stereocenters. The number of alkyl halides is 3. The van der Waals surface area contributed by atoms with Crippen LogP contribution in [0.25, 0.3) is 0 Å². The third-order valence-electron chi connectivity index (χ3n) is 2.71. The van der Waals surface area contributed by atoms with E-state index in [4.69, 9.17) is 0 Å². The van der Waals surface area contributed by atoms with E-state index in [1.807, 2.05) is 6.92 Å². The molecule has 0 radical (unpaired) electrons. The minimum atomic E-state index is -4.38. The van der Waals surface area contributed by atoms with Crippen molar-refractivity contribution >= 4 is 0 Å². The summed E-state index contributed by atoms with van der Waals surface area (Å²) in [7, 11) is 2.86.